The van der Waals surface area contributed by atoms with E-state index in [1.165, 1.54) is 58.8 Å². The predicted molar refractivity (Wildman–Crippen MR) is 147 cm³/mol. The van der Waals surface area contributed by atoms with Gasteiger partial charge in [0.1, 0.15) is 5.75 Å². The maximum absolute atomic E-state index is 6.63. The van der Waals surface area contributed by atoms with E-state index in [1.807, 2.05) is 12.1 Å². The highest BCUT2D eigenvalue weighted by molar-refractivity contribution is 7.18. The van der Waals surface area contributed by atoms with Crippen LogP contribution in [0.2, 0.25) is 0 Å². The van der Waals surface area contributed by atoms with Gasteiger partial charge in [0, 0.05) is 21.5 Å². The van der Waals surface area contributed by atoms with Crippen molar-refractivity contribution in [3.8, 4) is 28.0 Å². The van der Waals surface area contributed by atoms with Crippen molar-refractivity contribution in [3.63, 3.8) is 0 Å². The highest BCUT2D eigenvalue weighted by atomic mass is 32.1. The van der Waals surface area contributed by atoms with Gasteiger partial charge in [-0.05, 0) is 76.3 Å². The number of fused-ring (bicyclic) bond motifs is 7. The molecule has 0 radical (unpaired) electrons. The average Bonchev–Trinajstić information content (AvgIpc) is 3.61. The Hall–Kier alpha value is -3.60. The molecule has 7 rings (SSSR count). The smallest absolute Gasteiger partial charge is 0.153 e. The number of methoxy groups -OCH3 is 1. The Labute approximate surface area is 204 Å². The minimum Gasteiger partial charge on any atom is -0.497 e. The summed E-state index contributed by atoms with van der Waals surface area (Å²) in [5.74, 6) is 0.864. The lowest BCUT2D eigenvalue weighted by atomic mass is 9.96. The Morgan fingerprint density at radius 3 is 1.62 bits per heavy atom. The summed E-state index contributed by atoms with van der Waals surface area (Å²) in [5, 5.41) is 9.13. The van der Waals surface area contributed by atoms with Gasteiger partial charge >= 0.3 is 0 Å². The van der Waals surface area contributed by atoms with Crippen LogP contribution in [0.1, 0.15) is 5.56 Å². The molecule has 2 nitrogen and oxygen atoms in total. The van der Waals surface area contributed by atoms with Crippen molar-refractivity contribution in [2.75, 3.05) is 7.11 Å². The van der Waals surface area contributed by atoms with Crippen molar-refractivity contribution >= 4 is 64.8 Å². The van der Waals surface area contributed by atoms with Crippen LogP contribution in [0.4, 0.5) is 0 Å². The molecule has 0 saturated heterocycles. The van der Waals surface area contributed by atoms with Gasteiger partial charge in [-0.2, -0.15) is 0 Å². The molecule has 4 heteroatoms. The van der Waals surface area contributed by atoms with E-state index < -0.39 is 0 Å². The number of rotatable bonds is 3. The van der Waals surface area contributed by atoms with Crippen molar-refractivity contribution in [1.29, 1.82) is 0 Å². The molecule has 7 aromatic rings. The summed E-state index contributed by atoms with van der Waals surface area (Å²) in [6.45, 7) is 2.13. The molecule has 0 atom stereocenters. The number of ether oxygens (including phenoxy) is 1. The van der Waals surface area contributed by atoms with E-state index in [0.29, 0.717) is 0 Å². The molecule has 0 saturated carbocycles. The van der Waals surface area contributed by atoms with Gasteiger partial charge in [0.25, 0.3) is 0 Å². The van der Waals surface area contributed by atoms with E-state index in [1.54, 1.807) is 29.8 Å². The molecule has 0 unspecified atom stereocenters. The number of thiophene rings is 2. The fourth-order valence-electron chi connectivity index (χ4n) is 4.90. The second-order valence-corrected chi connectivity index (χ2v) is 10.5. The summed E-state index contributed by atoms with van der Waals surface area (Å²) >= 11 is 3.50. The van der Waals surface area contributed by atoms with Crippen LogP contribution in [0.15, 0.2) is 88.0 Å². The molecule has 4 aromatic carbocycles. The van der Waals surface area contributed by atoms with Crippen molar-refractivity contribution < 1.29 is 9.15 Å². The van der Waals surface area contributed by atoms with Crippen LogP contribution >= 0.6 is 22.7 Å². The molecular formula is C30H20O2S2. The third-order valence-corrected chi connectivity index (χ3v) is 8.47. The van der Waals surface area contributed by atoms with Crippen molar-refractivity contribution in [2.24, 2.45) is 0 Å². The minimum absolute atomic E-state index is 0.864. The monoisotopic (exact) mass is 476 g/mol. The predicted octanol–water partition coefficient (Wildman–Crippen LogP) is 9.67. The lowest BCUT2D eigenvalue weighted by Gasteiger charge is -2.07. The zero-order valence-corrected chi connectivity index (χ0v) is 20.3. The number of furan rings is 1. The second kappa shape index (κ2) is 7.45. The number of benzene rings is 4. The minimum atomic E-state index is 0.864. The highest BCUT2D eigenvalue weighted by Crippen LogP contribution is 2.46. The van der Waals surface area contributed by atoms with Gasteiger partial charge in [-0.25, -0.2) is 0 Å². The molecule has 0 aliphatic rings. The first kappa shape index (κ1) is 19.8. The van der Waals surface area contributed by atoms with Crippen LogP contribution in [-0.4, -0.2) is 7.11 Å². The summed E-state index contributed by atoms with van der Waals surface area (Å²) < 4.78 is 14.4. The standard InChI is InChI=1S/C30H20O2S2/c1-17-3-5-18(6-4-17)23-15-25-26-16-24(19-7-9-20(31-2)10-8-19)22-12-14-34-30(22)28(26)32-27(25)29-21(23)11-13-33-29/h3-16H,1-2H3. The molecule has 3 heterocycles. The Bertz CT molecular complexity index is 1830. The topological polar surface area (TPSA) is 22.4 Å². The summed E-state index contributed by atoms with van der Waals surface area (Å²) in [5.41, 5.74) is 8.12. The van der Waals surface area contributed by atoms with Crippen LogP contribution in [0.3, 0.4) is 0 Å². The highest BCUT2D eigenvalue weighted by Gasteiger charge is 2.20. The molecule has 0 aliphatic heterocycles. The van der Waals surface area contributed by atoms with Crippen LogP contribution < -0.4 is 4.74 Å². The third kappa shape index (κ3) is 2.86. The van der Waals surface area contributed by atoms with Gasteiger partial charge in [-0.3, -0.25) is 0 Å². The van der Waals surface area contributed by atoms with E-state index in [-0.39, 0.29) is 0 Å². The fourth-order valence-corrected chi connectivity index (χ4v) is 6.71. The van der Waals surface area contributed by atoms with E-state index >= 15 is 0 Å². The largest absolute Gasteiger partial charge is 0.497 e. The molecule has 3 aromatic heterocycles. The molecule has 0 N–H and O–H groups in total. The van der Waals surface area contributed by atoms with Crippen LogP contribution in [-0.2, 0) is 0 Å². The lowest BCUT2D eigenvalue weighted by molar-refractivity contribution is 0.415. The molecular weight excluding hydrogens is 456 g/mol. The van der Waals surface area contributed by atoms with Crippen LogP contribution in [0.5, 0.6) is 5.75 Å². The first-order valence-corrected chi connectivity index (χ1v) is 13.0. The van der Waals surface area contributed by atoms with E-state index in [9.17, 15) is 0 Å². The molecule has 34 heavy (non-hydrogen) atoms. The Kier molecular flexibility index (Phi) is 4.35. The van der Waals surface area contributed by atoms with Gasteiger partial charge in [-0.1, -0.05) is 42.0 Å². The number of hydrogen-bond donors (Lipinski definition) is 0. The van der Waals surface area contributed by atoms with Crippen LogP contribution in [0, 0.1) is 6.92 Å². The zero-order valence-electron chi connectivity index (χ0n) is 18.7. The molecule has 0 bridgehead atoms. The van der Waals surface area contributed by atoms with Gasteiger partial charge < -0.3 is 9.15 Å². The normalized spacial score (nSPS) is 11.8. The summed E-state index contributed by atoms with van der Waals surface area (Å²) in [7, 11) is 1.70. The maximum atomic E-state index is 6.63. The summed E-state index contributed by atoms with van der Waals surface area (Å²) in [4.78, 5) is 0. The van der Waals surface area contributed by atoms with Crippen LogP contribution in [0.25, 0.3) is 64.4 Å². The number of hydrogen-bond acceptors (Lipinski definition) is 4. The van der Waals surface area contributed by atoms with Gasteiger partial charge in [0.15, 0.2) is 11.2 Å². The zero-order chi connectivity index (χ0) is 22.8. The SMILES string of the molecule is COc1ccc(-c2cc3c4cc(-c5ccc(C)cc5)c5ccsc5c4oc3c3sccc23)cc1. The quantitative estimate of drug-likeness (QED) is 0.253. The van der Waals surface area contributed by atoms with Crippen molar-refractivity contribution in [1.82, 2.24) is 0 Å². The van der Waals surface area contributed by atoms with Crippen molar-refractivity contribution in [2.45, 2.75) is 6.92 Å². The first-order chi connectivity index (χ1) is 16.7. The molecule has 0 aliphatic carbocycles. The van der Waals surface area contributed by atoms with E-state index in [0.717, 1.165) is 16.9 Å². The van der Waals surface area contributed by atoms with Gasteiger partial charge in [0.2, 0.25) is 0 Å². The fraction of sp³-hybridized carbons (Fsp3) is 0.0667. The maximum Gasteiger partial charge on any atom is 0.153 e. The lowest BCUT2D eigenvalue weighted by Crippen LogP contribution is -1.84. The number of aryl methyl sites for hydroxylation is 1. The molecule has 0 spiro atoms. The van der Waals surface area contributed by atoms with E-state index in [2.05, 4.69) is 78.3 Å². The average molecular weight is 477 g/mol. The summed E-state index contributed by atoms with van der Waals surface area (Å²) in [6, 6.07) is 26.1. The molecule has 164 valence electrons. The molecule has 0 amide bonds. The van der Waals surface area contributed by atoms with Gasteiger partial charge in [0.05, 0.1) is 16.5 Å². The third-order valence-electron chi connectivity index (χ3n) is 6.65. The first-order valence-electron chi connectivity index (χ1n) is 11.2. The van der Waals surface area contributed by atoms with Gasteiger partial charge in [-0.15, -0.1) is 22.7 Å². The van der Waals surface area contributed by atoms with E-state index in [4.69, 9.17) is 9.15 Å². The Balaban J connectivity index is 1.58. The Morgan fingerprint density at radius 2 is 1.12 bits per heavy atom. The summed E-state index contributed by atoms with van der Waals surface area (Å²) in [6.07, 6.45) is 0. The van der Waals surface area contributed by atoms with Crippen molar-refractivity contribution in [3.05, 3.63) is 89.1 Å². The Morgan fingerprint density at radius 1 is 0.618 bits per heavy atom. The molecule has 0 fully saturated rings. The second-order valence-electron chi connectivity index (χ2n) is 8.63.